The van der Waals surface area contributed by atoms with E-state index in [1.165, 1.54) is 59.6 Å². The molecule has 0 saturated carbocycles. The van der Waals surface area contributed by atoms with Crippen molar-refractivity contribution in [1.29, 1.82) is 0 Å². The second kappa shape index (κ2) is 14.3. The predicted molar refractivity (Wildman–Crippen MR) is 279 cm³/mol. The maximum Gasteiger partial charge on any atom is 0.0782 e. The molecule has 66 heavy (non-hydrogen) atoms. The van der Waals surface area contributed by atoms with Gasteiger partial charge in [-0.25, -0.2) is 0 Å². The Morgan fingerprint density at radius 1 is 0.227 bits per heavy atom. The van der Waals surface area contributed by atoms with Crippen LogP contribution in [0.5, 0.6) is 0 Å². The number of benzene rings is 11. The Hall–Kier alpha value is -8.86. The van der Waals surface area contributed by atoms with Crippen molar-refractivity contribution < 1.29 is 0 Å². The lowest BCUT2D eigenvalue weighted by Gasteiger charge is -2.17. The van der Waals surface area contributed by atoms with Crippen molar-refractivity contribution in [3.05, 3.63) is 243 Å². The minimum atomic E-state index is 1.09. The van der Waals surface area contributed by atoms with E-state index in [0.29, 0.717) is 0 Å². The van der Waals surface area contributed by atoms with Crippen molar-refractivity contribution in [1.82, 2.24) is 18.3 Å². The van der Waals surface area contributed by atoms with Gasteiger partial charge in [0.05, 0.1) is 33.4 Å². The van der Waals surface area contributed by atoms with Crippen molar-refractivity contribution in [2.45, 2.75) is 0 Å². The van der Waals surface area contributed by atoms with Gasteiger partial charge in [0, 0.05) is 55.0 Å². The van der Waals surface area contributed by atoms with Crippen LogP contribution in [0.1, 0.15) is 0 Å². The van der Waals surface area contributed by atoms with E-state index in [1.54, 1.807) is 0 Å². The first-order valence-corrected chi connectivity index (χ1v) is 22.7. The highest BCUT2D eigenvalue weighted by molar-refractivity contribution is 6.15. The van der Waals surface area contributed by atoms with Crippen LogP contribution in [0.2, 0.25) is 0 Å². The molecule has 308 valence electrons. The molecule has 0 fully saturated rings. The van der Waals surface area contributed by atoms with Gasteiger partial charge >= 0.3 is 0 Å². The lowest BCUT2D eigenvalue weighted by molar-refractivity contribution is 1.12. The average molecular weight is 841 g/mol. The van der Waals surface area contributed by atoms with Crippen LogP contribution in [0.15, 0.2) is 243 Å². The van der Waals surface area contributed by atoms with E-state index in [4.69, 9.17) is 0 Å². The predicted octanol–water partition coefficient (Wildman–Crippen LogP) is 16.4. The molecule has 11 aromatic carbocycles. The van der Waals surface area contributed by atoms with Crippen molar-refractivity contribution in [3.8, 4) is 22.7 Å². The molecule has 4 nitrogen and oxygen atoms in total. The molecule has 0 aliphatic heterocycles. The second-order valence-corrected chi connectivity index (χ2v) is 17.4. The molecule has 14 aromatic rings. The summed E-state index contributed by atoms with van der Waals surface area (Å²) in [5.41, 5.74) is 13.6. The summed E-state index contributed by atoms with van der Waals surface area (Å²) in [6.07, 6.45) is 0. The number of hydrogen-bond acceptors (Lipinski definition) is 0. The molecular weight excluding hydrogens is 801 g/mol. The number of fused-ring (bicyclic) bond motifs is 13. The molecule has 0 N–H and O–H groups in total. The topological polar surface area (TPSA) is 19.7 Å². The Morgan fingerprint density at radius 2 is 0.682 bits per heavy atom. The van der Waals surface area contributed by atoms with E-state index >= 15 is 0 Å². The first kappa shape index (κ1) is 36.6. The largest absolute Gasteiger partial charge is 0.310 e. The standard InChI is InChI=1S/C62H40N4/c1-3-17-45(18-4-1)65-57-27-10-8-24-53(57)61-58(28-14-29-59(61)65)63-47-21-11-15-43(37-47)44-16-12-22-48(38-44)64(50-36-34-42-32-31-41-33-35-49(63)39-54(41)55(42)40-50)60-30-13-25-52-51-23-7-9-26-56(51)66(62(52)60)46-19-5-2-6-20-46/h1-40H. The highest BCUT2D eigenvalue weighted by Gasteiger charge is 2.19. The minimum absolute atomic E-state index is 1.09. The summed E-state index contributed by atoms with van der Waals surface area (Å²) >= 11 is 0. The molecule has 0 aliphatic carbocycles. The number of hydrogen-bond donors (Lipinski definition) is 0. The van der Waals surface area contributed by atoms with Gasteiger partial charge in [0.25, 0.3) is 0 Å². The molecule has 0 spiro atoms. The third-order valence-electron chi connectivity index (χ3n) is 13.7. The second-order valence-electron chi connectivity index (χ2n) is 17.4. The number of aromatic nitrogens is 4. The normalized spacial score (nSPS) is 11.9. The molecule has 4 heteroatoms. The summed E-state index contributed by atoms with van der Waals surface area (Å²) in [5, 5.41) is 12.0. The average Bonchev–Trinajstić information content (AvgIpc) is 3.91. The van der Waals surface area contributed by atoms with Crippen LogP contribution >= 0.6 is 0 Å². The van der Waals surface area contributed by atoms with E-state index in [2.05, 4.69) is 261 Å². The first-order valence-electron chi connectivity index (χ1n) is 22.7. The molecule has 0 amide bonds. The Balaban J connectivity index is 1.15. The van der Waals surface area contributed by atoms with Crippen LogP contribution in [0, 0.1) is 0 Å². The summed E-state index contributed by atoms with van der Waals surface area (Å²) in [5.74, 6) is 0. The number of para-hydroxylation sites is 5. The maximum absolute atomic E-state index is 2.47. The van der Waals surface area contributed by atoms with Gasteiger partial charge in [-0.3, -0.25) is 0 Å². The highest BCUT2D eigenvalue weighted by atomic mass is 15.0. The highest BCUT2D eigenvalue weighted by Crippen LogP contribution is 2.40. The number of nitrogens with zero attached hydrogens (tertiary/aromatic N) is 4. The van der Waals surface area contributed by atoms with Crippen molar-refractivity contribution in [2.24, 2.45) is 0 Å². The summed E-state index contributed by atoms with van der Waals surface area (Å²) in [6, 6.07) is 89.4. The smallest absolute Gasteiger partial charge is 0.0782 e. The summed E-state index contributed by atoms with van der Waals surface area (Å²) in [4.78, 5) is 0. The van der Waals surface area contributed by atoms with E-state index in [-0.39, 0.29) is 0 Å². The Morgan fingerprint density at radius 3 is 1.33 bits per heavy atom. The van der Waals surface area contributed by atoms with Gasteiger partial charge in [0.2, 0.25) is 0 Å². The molecule has 14 rings (SSSR count). The monoisotopic (exact) mass is 840 g/mol. The van der Waals surface area contributed by atoms with E-state index < -0.39 is 0 Å². The zero-order valence-electron chi connectivity index (χ0n) is 35.9. The van der Waals surface area contributed by atoms with Gasteiger partial charge in [0.1, 0.15) is 0 Å². The quantitative estimate of drug-likeness (QED) is 0.157. The molecular formula is C62H40N4. The van der Waals surface area contributed by atoms with Gasteiger partial charge in [-0.05, 0) is 135 Å². The van der Waals surface area contributed by atoms with Crippen LogP contribution in [-0.4, -0.2) is 18.3 Å². The van der Waals surface area contributed by atoms with Gasteiger partial charge < -0.3 is 18.3 Å². The molecule has 3 heterocycles. The fourth-order valence-electron chi connectivity index (χ4n) is 10.9. The first-order chi connectivity index (χ1) is 32.7. The van der Waals surface area contributed by atoms with E-state index in [1.807, 2.05) is 0 Å². The Kier molecular flexibility index (Phi) is 7.95. The fourth-order valence-corrected chi connectivity index (χ4v) is 10.9. The summed E-state index contributed by atoms with van der Waals surface area (Å²) in [6.45, 7) is 0. The van der Waals surface area contributed by atoms with Crippen molar-refractivity contribution in [3.63, 3.8) is 0 Å². The molecule has 0 unspecified atom stereocenters. The zero-order chi connectivity index (χ0) is 43.3. The van der Waals surface area contributed by atoms with Gasteiger partial charge in [-0.2, -0.15) is 0 Å². The lowest BCUT2D eigenvalue weighted by Crippen LogP contribution is -2.02. The third-order valence-corrected chi connectivity index (χ3v) is 13.7. The zero-order valence-corrected chi connectivity index (χ0v) is 35.9. The van der Waals surface area contributed by atoms with Gasteiger partial charge in [-0.1, -0.05) is 140 Å². The molecule has 3 aromatic heterocycles. The fraction of sp³-hybridized carbons (Fsp3) is 0. The summed E-state index contributed by atoms with van der Waals surface area (Å²) < 4.78 is 9.78. The minimum Gasteiger partial charge on any atom is -0.310 e. The van der Waals surface area contributed by atoms with E-state index in [0.717, 1.165) is 61.1 Å². The van der Waals surface area contributed by atoms with E-state index in [9.17, 15) is 0 Å². The van der Waals surface area contributed by atoms with Crippen LogP contribution in [0.25, 0.3) is 121 Å². The lowest BCUT2D eigenvalue weighted by atomic mass is 10.0. The maximum atomic E-state index is 2.47. The molecule has 8 bridgehead atoms. The Bertz CT molecular complexity index is 4330. The Labute approximate surface area is 380 Å². The van der Waals surface area contributed by atoms with Gasteiger partial charge in [-0.15, -0.1) is 0 Å². The SMILES string of the molecule is c1ccc(-n2c3ccccc3c3c(-n4c5cccc(c5)c5cccc(c5)n(-c5cccc6c7ccccc7n(-c7ccccc7)c56)c5ccc6ccc7ccc4cc7c6c5)cccc32)cc1. The van der Waals surface area contributed by atoms with Crippen LogP contribution in [-0.2, 0) is 0 Å². The van der Waals surface area contributed by atoms with Crippen molar-refractivity contribution >= 4 is 98.0 Å². The molecule has 0 saturated heterocycles. The molecule has 0 atom stereocenters. The van der Waals surface area contributed by atoms with Crippen LogP contribution < -0.4 is 0 Å². The van der Waals surface area contributed by atoms with Crippen LogP contribution in [0.3, 0.4) is 0 Å². The molecule has 0 radical (unpaired) electrons. The van der Waals surface area contributed by atoms with Gasteiger partial charge in [0.15, 0.2) is 0 Å². The van der Waals surface area contributed by atoms with Crippen molar-refractivity contribution in [2.75, 3.05) is 0 Å². The number of rotatable bonds is 4. The third kappa shape index (κ3) is 5.45. The summed E-state index contributed by atoms with van der Waals surface area (Å²) in [7, 11) is 0. The molecule has 0 aliphatic rings. The van der Waals surface area contributed by atoms with Crippen LogP contribution in [0.4, 0.5) is 0 Å².